The average Bonchev–Trinajstić information content (AvgIpc) is 4.30. The van der Waals surface area contributed by atoms with Gasteiger partial charge >= 0.3 is 33.4 Å². The SMILES string of the molecule is CC(C)(c1cccc(-n2[c-]cc(C(F)(F)F)n2)n1)c1cccc(-n2[c-]cc(C(F)(F)F)n2)n1.[Pt+2].c1ccc(-c2c3ccccc3c(-c3ccccc3)c3c(-c4ccccc4)c4ccccc4c(-c4ccccc4)c23)cc1. The Morgan fingerprint density at radius 1 is 0.342 bits per heavy atom. The summed E-state index contributed by atoms with van der Waals surface area (Å²) < 4.78 is 78.9. The van der Waals surface area contributed by atoms with E-state index in [0.717, 1.165) is 21.5 Å². The number of hydrogen-bond acceptors (Lipinski definition) is 4. The molecule has 0 radical (unpaired) electrons. The second kappa shape index (κ2) is 20.7. The van der Waals surface area contributed by atoms with Gasteiger partial charge in [-0.05, 0) is 103 Å². The Kier molecular flexibility index (Phi) is 13.9. The molecule has 12 aromatic rings. The molecule has 0 spiro atoms. The maximum atomic E-state index is 12.9. The first-order valence-electron chi connectivity index (χ1n) is 24.0. The molecule has 8 aromatic carbocycles. The number of fused-ring (bicyclic) bond motifs is 3. The zero-order valence-electron chi connectivity index (χ0n) is 40.6. The predicted octanol–water partition coefficient (Wildman–Crippen LogP) is 16.6. The molecule has 0 aliphatic rings. The molecule has 0 unspecified atom stereocenters. The van der Waals surface area contributed by atoms with Crippen molar-refractivity contribution in [3.8, 4) is 56.1 Å². The minimum atomic E-state index is -4.61. The summed E-state index contributed by atoms with van der Waals surface area (Å²) in [6, 6.07) is 72.6. The number of alkyl halides is 6. The number of hydrogen-bond donors (Lipinski definition) is 0. The van der Waals surface area contributed by atoms with Crippen molar-refractivity contribution in [2.75, 3.05) is 0 Å². The van der Waals surface area contributed by atoms with Crippen LogP contribution in [0, 0.1) is 12.4 Å². The molecule has 13 heteroatoms. The van der Waals surface area contributed by atoms with Gasteiger partial charge in [-0.2, -0.15) is 26.3 Å². The van der Waals surface area contributed by atoms with Gasteiger partial charge < -0.3 is 9.36 Å². The molecule has 0 aliphatic heterocycles. The Labute approximate surface area is 448 Å². The van der Waals surface area contributed by atoms with Crippen LogP contribution in [0.15, 0.2) is 218 Å². The fourth-order valence-electron chi connectivity index (χ4n) is 9.74. The number of rotatable bonds is 8. The van der Waals surface area contributed by atoms with Gasteiger partial charge in [0.1, 0.15) is 0 Å². The standard InChI is InChI=1S/C42H28.C21H14F6N6.Pt/c1-5-17-29(18-6-1)37-33-25-13-14-26-34(33)39(31-21-9-3-10-22-31)42-40(32-23-11-4-12-24-32)36-28-16-15-27-35(36)38(41(37)42)30-19-7-2-8-20-30;1-19(2,13-5-3-7-17(28-13)32-11-9-15(30-32)20(22,23)24)14-6-4-8-18(29-14)33-12-10-16(31-33)21(25,26)27;/h1-28H;3-10H,1-2H3;/q;-2;+2. The van der Waals surface area contributed by atoms with Crippen LogP contribution < -0.4 is 0 Å². The van der Waals surface area contributed by atoms with Crippen LogP contribution in [0.25, 0.3) is 88.5 Å². The van der Waals surface area contributed by atoms with Gasteiger partial charge in [-0.15, -0.1) is 12.1 Å². The zero-order valence-corrected chi connectivity index (χ0v) is 42.8. The van der Waals surface area contributed by atoms with Gasteiger partial charge in [0.15, 0.2) is 0 Å². The van der Waals surface area contributed by atoms with E-state index in [1.54, 1.807) is 38.1 Å². The normalized spacial score (nSPS) is 11.8. The van der Waals surface area contributed by atoms with Gasteiger partial charge in [0.25, 0.3) is 0 Å². The van der Waals surface area contributed by atoms with E-state index < -0.39 is 29.2 Å². The Morgan fingerprint density at radius 2 is 0.618 bits per heavy atom. The minimum absolute atomic E-state index is 0. The average molecular weight is 1190 g/mol. The summed E-state index contributed by atoms with van der Waals surface area (Å²) in [6.07, 6.45) is -4.44. The first kappa shape index (κ1) is 51.0. The van der Waals surface area contributed by atoms with E-state index in [2.05, 4.69) is 202 Å². The number of aromatic nitrogens is 6. The van der Waals surface area contributed by atoms with E-state index in [4.69, 9.17) is 0 Å². The predicted molar refractivity (Wildman–Crippen MR) is 283 cm³/mol. The van der Waals surface area contributed by atoms with E-state index in [1.807, 2.05) is 0 Å². The third kappa shape index (κ3) is 9.72. The Bertz CT molecular complexity index is 3590. The van der Waals surface area contributed by atoms with Crippen LogP contribution in [-0.4, -0.2) is 29.5 Å². The molecule has 4 heterocycles. The topological polar surface area (TPSA) is 61.4 Å². The maximum absolute atomic E-state index is 12.9. The van der Waals surface area contributed by atoms with Crippen molar-refractivity contribution in [3.63, 3.8) is 0 Å². The summed E-state index contributed by atoms with van der Waals surface area (Å²) in [7, 11) is 0. The van der Waals surface area contributed by atoms with Crippen LogP contribution in [0.5, 0.6) is 0 Å². The van der Waals surface area contributed by atoms with Crippen molar-refractivity contribution in [1.82, 2.24) is 29.5 Å². The van der Waals surface area contributed by atoms with Crippen LogP contribution in [0.4, 0.5) is 26.3 Å². The van der Waals surface area contributed by atoms with Crippen LogP contribution in [0.3, 0.4) is 0 Å². The summed E-state index contributed by atoms with van der Waals surface area (Å²) in [5.41, 5.74) is 7.85. The molecule has 6 nitrogen and oxygen atoms in total. The molecule has 0 N–H and O–H groups in total. The molecule has 376 valence electrons. The molecule has 76 heavy (non-hydrogen) atoms. The van der Waals surface area contributed by atoms with Gasteiger partial charge in [-0.3, -0.25) is 20.2 Å². The summed E-state index contributed by atoms with van der Waals surface area (Å²) >= 11 is 0. The fraction of sp³-hybridized carbons (Fsp3) is 0.0794. The number of pyridine rings is 2. The smallest absolute Gasteiger partial charge is 0.343 e. The molecule has 4 aromatic heterocycles. The van der Waals surface area contributed by atoms with Crippen LogP contribution in [0.2, 0.25) is 0 Å². The summed E-state index contributed by atoms with van der Waals surface area (Å²) in [5, 5.41) is 14.6. The largest absolute Gasteiger partial charge is 2.00 e. The van der Waals surface area contributed by atoms with Crippen molar-refractivity contribution in [3.05, 3.63) is 254 Å². The molecular formula is C63H42F6N6Pt. The monoisotopic (exact) mass is 1190 g/mol. The van der Waals surface area contributed by atoms with Crippen molar-refractivity contribution >= 4 is 32.3 Å². The Morgan fingerprint density at radius 3 is 0.882 bits per heavy atom. The van der Waals surface area contributed by atoms with Gasteiger partial charge in [0.05, 0.1) is 23.0 Å². The number of halogens is 6. The Balaban J connectivity index is 0.000000176. The van der Waals surface area contributed by atoms with Gasteiger partial charge in [-0.25, -0.2) is 0 Å². The van der Waals surface area contributed by atoms with Crippen molar-refractivity contribution in [1.29, 1.82) is 0 Å². The molecule has 0 amide bonds. The third-order valence-corrected chi connectivity index (χ3v) is 13.3. The molecule has 0 atom stereocenters. The summed E-state index contributed by atoms with van der Waals surface area (Å²) in [5.74, 6) is 0.227. The quantitative estimate of drug-likeness (QED) is 0.0864. The summed E-state index contributed by atoms with van der Waals surface area (Å²) in [6.45, 7) is 3.54. The van der Waals surface area contributed by atoms with Gasteiger partial charge in [0, 0.05) is 16.8 Å². The van der Waals surface area contributed by atoms with Gasteiger partial charge in [-0.1, -0.05) is 207 Å². The molecule has 0 bridgehead atoms. The molecule has 0 aliphatic carbocycles. The van der Waals surface area contributed by atoms with Crippen molar-refractivity contribution < 1.29 is 47.4 Å². The third-order valence-electron chi connectivity index (χ3n) is 13.3. The second-order valence-electron chi connectivity index (χ2n) is 18.3. The van der Waals surface area contributed by atoms with Crippen molar-refractivity contribution in [2.24, 2.45) is 0 Å². The van der Waals surface area contributed by atoms with E-state index in [9.17, 15) is 26.3 Å². The first-order valence-corrected chi connectivity index (χ1v) is 24.0. The van der Waals surface area contributed by atoms with E-state index in [0.29, 0.717) is 11.4 Å². The number of nitrogens with zero attached hydrogens (tertiary/aromatic N) is 6. The van der Waals surface area contributed by atoms with E-state index in [1.165, 1.54) is 89.0 Å². The van der Waals surface area contributed by atoms with Crippen LogP contribution in [0.1, 0.15) is 36.6 Å². The molecular weight excluding hydrogens is 1150 g/mol. The Hall–Kier alpha value is -8.47. The first-order chi connectivity index (χ1) is 36.3. The molecule has 0 saturated carbocycles. The second-order valence-corrected chi connectivity index (χ2v) is 18.3. The maximum Gasteiger partial charge on any atom is 2.00 e. The minimum Gasteiger partial charge on any atom is -0.343 e. The van der Waals surface area contributed by atoms with E-state index in [-0.39, 0.29) is 32.7 Å². The molecule has 0 saturated heterocycles. The van der Waals surface area contributed by atoms with Crippen LogP contribution >= 0.6 is 0 Å². The van der Waals surface area contributed by atoms with Crippen LogP contribution in [-0.2, 0) is 38.8 Å². The van der Waals surface area contributed by atoms with Crippen molar-refractivity contribution in [2.45, 2.75) is 31.6 Å². The fourth-order valence-corrected chi connectivity index (χ4v) is 9.74. The molecule has 12 rings (SSSR count). The molecule has 0 fully saturated rings. The number of benzene rings is 8. The summed E-state index contributed by atoms with van der Waals surface area (Å²) in [4.78, 5) is 8.82. The van der Waals surface area contributed by atoms with E-state index >= 15 is 0 Å². The zero-order chi connectivity index (χ0) is 51.9. The van der Waals surface area contributed by atoms with Gasteiger partial charge in [0.2, 0.25) is 0 Å².